The van der Waals surface area contributed by atoms with Crippen LogP contribution in [-0.4, -0.2) is 9.13 Å². The summed E-state index contributed by atoms with van der Waals surface area (Å²) in [4.78, 5) is 4.53. The topological polar surface area (TPSA) is 38.0 Å². The van der Waals surface area contributed by atoms with E-state index in [1.807, 2.05) is 47.7 Å². The van der Waals surface area contributed by atoms with Crippen LogP contribution in [0.4, 0.5) is 5.69 Å². The van der Waals surface area contributed by atoms with Gasteiger partial charge in [0.05, 0.1) is 55.0 Å². The van der Waals surface area contributed by atoms with Crippen LogP contribution in [0.1, 0.15) is 5.56 Å². The zero-order valence-corrected chi connectivity index (χ0v) is 37.9. The fourth-order valence-electron chi connectivity index (χ4n) is 11.0. The van der Waals surface area contributed by atoms with Crippen LogP contribution >= 0.6 is 22.7 Å². The number of rotatable bonds is 5. The molecule has 0 fully saturated rings. The van der Waals surface area contributed by atoms with E-state index in [0.29, 0.717) is 16.8 Å². The molecule has 68 heavy (non-hydrogen) atoms. The van der Waals surface area contributed by atoms with Crippen molar-refractivity contribution in [2.24, 2.45) is 0 Å². The van der Waals surface area contributed by atoms with E-state index in [2.05, 4.69) is 190 Å². The van der Waals surface area contributed by atoms with Crippen molar-refractivity contribution in [3.63, 3.8) is 0 Å². The summed E-state index contributed by atoms with van der Waals surface area (Å²) in [5.74, 6) is 0. The highest BCUT2D eigenvalue weighted by Crippen LogP contribution is 2.55. The third-order valence-electron chi connectivity index (χ3n) is 13.8. The van der Waals surface area contributed by atoms with E-state index in [-0.39, 0.29) is 0 Å². The number of nitriles is 1. The summed E-state index contributed by atoms with van der Waals surface area (Å²) in [7, 11) is 0. The zero-order chi connectivity index (χ0) is 45.0. The molecule has 0 bridgehead atoms. The third kappa shape index (κ3) is 5.33. The molecule has 0 N–H and O–H groups in total. The first-order chi connectivity index (χ1) is 33.7. The molecule has 10 aromatic carbocycles. The lowest BCUT2D eigenvalue weighted by atomic mass is 9.88. The van der Waals surface area contributed by atoms with Crippen LogP contribution in [0.5, 0.6) is 0 Å². The fraction of sp³-hybridized carbons (Fsp3) is 0. The van der Waals surface area contributed by atoms with Crippen molar-refractivity contribution in [1.82, 2.24) is 9.13 Å². The SMILES string of the molecule is [C-]#[N+]c1c(-c2ccccc2)c(C#N)c(-n2c3c(ccc4c5ccccc5sc43)c3ccc4c(sc5cccc(-c6ccccc6)c54)c32)c(-c2ccccc2)c1-n1c2ccccc2c2ccccc21. The third-order valence-corrected chi connectivity index (χ3v) is 16.2. The zero-order valence-electron chi connectivity index (χ0n) is 36.2. The number of para-hydroxylation sites is 2. The summed E-state index contributed by atoms with van der Waals surface area (Å²) < 4.78 is 9.43. The minimum absolute atomic E-state index is 0.425. The van der Waals surface area contributed by atoms with Crippen LogP contribution < -0.4 is 0 Å². The molecule has 0 spiro atoms. The highest BCUT2D eigenvalue weighted by atomic mass is 32.1. The van der Waals surface area contributed by atoms with Gasteiger partial charge in [0.15, 0.2) is 0 Å². The Morgan fingerprint density at radius 3 is 1.54 bits per heavy atom. The number of fused-ring (bicyclic) bond motifs is 14. The van der Waals surface area contributed by atoms with Crippen LogP contribution in [0.15, 0.2) is 206 Å². The molecule has 0 aliphatic heterocycles. The van der Waals surface area contributed by atoms with Gasteiger partial charge in [0, 0.05) is 63.6 Å². The van der Waals surface area contributed by atoms with E-state index in [4.69, 9.17) is 0 Å². The van der Waals surface area contributed by atoms with Crippen molar-refractivity contribution in [3.05, 3.63) is 223 Å². The summed E-state index contributed by atoms with van der Waals surface area (Å²) in [5, 5.41) is 21.3. The maximum absolute atomic E-state index is 12.1. The number of hydrogen-bond donors (Lipinski definition) is 0. The smallest absolute Gasteiger partial charge is 0.220 e. The van der Waals surface area contributed by atoms with E-state index in [1.54, 1.807) is 11.3 Å². The molecular weight excluding hydrogens is 865 g/mol. The predicted octanol–water partition coefficient (Wildman–Crippen LogP) is 18.0. The Labute approximate surface area is 398 Å². The first-order valence-electron chi connectivity index (χ1n) is 22.6. The Morgan fingerprint density at radius 1 is 0.412 bits per heavy atom. The maximum Gasteiger partial charge on any atom is 0.220 e. The fourth-order valence-corrected chi connectivity index (χ4v) is 13.5. The molecule has 314 valence electrons. The van der Waals surface area contributed by atoms with Gasteiger partial charge in [-0.3, -0.25) is 0 Å². The van der Waals surface area contributed by atoms with Crippen molar-refractivity contribution < 1.29 is 0 Å². The molecule has 14 aromatic rings. The second-order valence-corrected chi connectivity index (χ2v) is 19.4. The molecule has 0 radical (unpaired) electrons. The number of thiophene rings is 2. The maximum atomic E-state index is 12.1. The van der Waals surface area contributed by atoms with E-state index >= 15 is 0 Å². The summed E-state index contributed by atoms with van der Waals surface area (Å²) in [6, 6.07) is 75.5. The molecule has 4 heterocycles. The predicted molar refractivity (Wildman–Crippen MR) is 288 cm³/mol. The number of aromatic nitrogens is 2. The van der Waals surface area contributed by atoms with Gasteiger partial charge in [0.25, 0.3) is 0 Å². The second kappa shape index (κ2) is 14.9. The minimum atomic E-state index is 0.425. The Kier molecular flexibility index (Phi) is 8.42. The van der Waals surface area contributed by atoms with Crippen molar-refractivity contribution in [1.29, 1.82) is 5.26 Å². The van der Waals surface area contributed by atoms with Crippen LogP contribution in [0.2, 0.25) is 0 Å². The lowest BCUT2D eigenvalue weighted by Crippen LogP contribution is -2.09. The molecule has 0 amide bonds. The van der Waals surface area contributed by atoms with Crippen molar-refractivity contribution >= 4 is 112 Å². The Morgan fingerprint density at radius 2 is 0.912 bits per heavy atom. The van der Waals surface area contributed by atoms with Crippen molar-refractivity contribution in [3.8, 4) is 50.8 Å². The second-order valence-electron chi connectivity index (χ2n) is 17.3. The quantitative estimate of drug-likeness (QED) is 0.159. The van der Waals surface area contributed by atoms with Crippen LogP contribution in [0, 0.1) is 17.9 Å². The summed E-state index contributed by atoms with van der Waals surface area (Å²) >= 11 is 3.61. The van der Waals surface area contributed by atoms with Gasteiger partial charge in [-0.2, -0.15) is 5.26 Å². The molecule has 0 atom stereocenters. The average molecular weight is 899 g/mol. The van der Waals surface area contributed by atoms with Crippen LogP contribution in [-0.2, 0) is 0 Å². The first kappa shape index (κ1) is 38.5. The van der Waals surface area contributed by atoms with E-state index < -0.39 is 0 Å². The van der Waals surface area contributed by atoms with Gasteiger partial charge in [0.2, 0.25) is 5.69 Å². The van der Waals surface area contributed by atoms with Gasteiger partial charge in [-0.15, -0.1) is 22.7 Å². The Bertz CT molecular complexity index is 4450. The van der Waals surface area contributed by atoms with E-state index in [1.165, 1.54) is 36.7 Å². The molecule has 4 nitrogen and oxygen atoms in total. The normalized spacial score (nSPS) is 11.8. The highest BCUT2D eigenvalue weighted by Gasteiger charge is 2.33. The molecule has 0 saturated heterocycles. The lowest BCUT2D eigenvalue weighted by molar-refractivity contribution is 1.14. The summed E-state index contributed by atoms with van der Waals surface area (Å²) in [5.41, 5.74) is 11.9. The Hall–Kier alpha value is -8.78. The molecule has 0 saturated carbocycles. The molecule has 0 unspecified atom stereocenters. The van der Waals surface area contributed by atoms with Crippen LogP contribution in [0.3, 0.4) is 0 Å². The summed E-state index contributed by atoms with van der Waals surface area (Å²) in [6.07, 6.45) is 0. The molecule has 14 rings (SSSR count). The van der Waals surface area contributed by atoms with Gasteiger partial charge >= 0.3 is 0 Å². The standard InChI is InChI=1S/C62H34N4S2/c1-64-56-53(38-20-7-3-8-21-38)48(36-63)57(54(39-22-9-4-10-23-39)60(56)65-49-28-14-11-24-41(49)42-25-12-15-29-50(42)65)66-58-44(32-34-46-43-26-13-16-30-51(43)67-61(46)58)45-33-35-47-55-40(37-18-5-2-6-19-37)27-17-31-52(55)68-62(47)59(45)66/h2-35H. The van der Waals surface area contributed by atoms with Gasteiger partial charge in [-0.05, 0) is 46.5 Å². The van der Waals surface area contributed by atoms with Gasteiger partial charge in [-0.25, -0.2) is 4.85 Å². The van der Waals surface area contributed by atoms with Crippen molar-refractivity contribution in [2.45, 2.75) is 0 Å². The number of nitrogens with zero attached hydrogens (tertiary/aromatic N) is 4. The van der Waals surface area contributed by atoms with Gasteiger partial charge in [-0.1, -0.05) is 182 Å². The molecule has 0 aliphatic carbocycles. The lowest BCUT2D eigenvalue weighted by Gasteiger charge is -2.26. The molecule has 6 heteroatoms. The highest BCUT2D eigenvalue weighted by molar-refractivity contribution is 7.27. The van der Waals surface area contributed by atoms with E-state index in [9.17, 15) is 11.8 Å². The summed E-state index contributed by atoms with van der Waals surface area (Å²) in [6.45, 7) is 9.26. The number of benzene rings is 10. The monoisotopic (exact) mass is 898 g/mol. The first-order valence-corrected chi connectivity index (χ1v) is 24.2. The molecule has 4 aromatic heterocycles. The van der Waals surface area contributed by atoms with Gasteiger partial charge in [0.1, 0.15) is 6.07 Å². The molecule has 0 aliphatic rings. The van der Waals surface area contributed by atoms with E-state index in [0.717, 1.165) is 86.5 Å². The number of hydrogen-bond acceptors (Lipinski definition) is 3. The van der Waals surface area contributed by atoms with Crippen molar-refractivity contribution in [2.75, 3.05) is 0 Å². The van der Waals surface area contributed by atoms with Crippen LogP contribution in [0.25, 0.3) is 134 Å². The Balaban J connectivity index is 1.29. The molecular formula is C62H34N4S2. The minimum Gasteiger partial charge on any atom is -0.318 e. The van der Waals surface area contributed by atoms with Gasteiger partial charge < -0.3 is 9.13 Å². The average Bonchev–Trinajstić information content (AvgIpc) is 4.16. The largest absolute Gasteiger partial charge is 0.318 e.